The largest absolute Gasteiger partial charge is 0.385 e. The van der Waals surface area contributed by atoms with Gasteiger partial charge in [0, 0.05) is 61.3 Å². The zero-order valence-electron chi connectivity index (χ0n) is 27.7. The predicted octanol–water partition coefficient (Wildman–Crippen LogP) is 3.68. The number of imide groups is 2. The summed E-state index contributed by atoms with van der Waals surface area (Å²) in [4.78, 5) is 63.1. The Hall–Kier alpha value is -5.17. The number of hydrogen-bond donors (Lipinski definition) is 3. The van der Waals surface area contributed by atoms with Crippen LogP contribution in [0.5, 0.6) is 0 Å². The molecule has 5 heterocycles. The highest BCUT2D eigenvalue weighted by Gasteiger charge is 2.46. The number of fused-ring (bicyclic) bond motifs is 2. The van der Waals surface area contributed by atoms with E-state index >= 15 is 0 Å². The second-order valence-electron chi connectivity index (χ2n) is 14.5. The van der Waals surface area contributed by atoms with Gasteiger partial charge in [0.15, 0.2) is 0 Å². The molecule has 3 N–H and O–H groups in total. The second kappa shape index (κ2) is 12.0. The van der Waals surface area contributed by atoms with Crippen molar-refractivity contribution in [3.8, 4) is 11.3 Å². The van der Waals surface area contributed by atoms with Gasteiger partial charge in [-0.3, -0.25) is 39.1 Å². The molecule has 9 rings (SSSR count). The van der Waals surface area contributed by atoms with Crippen LogP contribution in [0.25, 0.3) is 22.3 Å². The van der Waals surface area contributed by atoms with Crippen molar-refractivity contribution >= 4 is 46.0 Å². The Balaban J connectivity index is 0.762. The molecule has 1 spiro atoms. The second-order valence-corrected chi connectivity index (χ2v) is 14.5. The van der Waals surface area contributed by atoms with Gasteiger partial charge in [-0.1, -0.05) is 0 Å². The van der Waals surface area contributed by atoms with E-state index in [1.54, 1.807) is 18.2 Å². The number of nitrogens with one attached hydrogen (secondary N) is 3. The monoisotopic (exact) mass is 673 g/mol. The zero-order chi connectivity index (χ0) is 34.0. The fourth-order valence-electron chi connectivity index (χ4n) is 8.02. The summed E-state index contributed by atoms with van der Waals surface area (Å²) < 4.78 is 2.07. The maximum absolute atomic E-state index is 13.1. The summed E-state index contributed by atoms with van der Waals surface area (Å²) in [5, 5.41) is 14.0. The molecule has 5 aliphatic rings. The quantitative estimate of drug-likeness (QED) is 0.177. The Morgan fingerprint density at radius 3 is 2.66 bits per heavy atom. The Morgan fingerprint density at radius 2 is 1.82 bits per heavy atom. The number of nitrogens with zero attached hydrogens (tertiary/aromatic N) is 6. The molecule has 2 saturated heterocycles. The maximum atomic E-state index is 13.1. The van der Waals surface area contributed by atoms with Crippen LogP contribution in [0.15, 0.2) is 55.0 Å². The molecule has 1 atom stereocenters. The average molecular weight is 674 g/mol. The number of rotatable bonds is 9. The number of anilines is 2. The summed E-state index contributed by atoms with van der Waals surface area (Å²) in [5.41, 5.74) is 6.46. The van der Waals surface area contributed by atoms with Crippen LogP contribution in [-0.2, 0) is 9.59 Å². The molecular formula is C37H39N9O4. The molecule has 3 aliphatic heterocycles. The highest BCUT2D eigenvalue weighted by molar-refractivity contribution is 6.23. The van der Waals surface area contributed by atoms with Gasteiger partial charge >= 0.3 is 0 Å². The molecule has 13 heteroatoms. The number of aromatic nitrogens is 4. The lowest BCUT2D eigenvalue weighted by Crippen LogP contribution is -2.54. The highest BCUT2D eigenvalue weighted by atomic mass is 16.2. The molecule has 256 valence electrons. The Bertz CT molecular complexity index is 2050. The standard InChI is InChI=1S/C37H39N9O4/c47-33-8-7-32(34(48)43-33)46-35(49)27-5-3-24(16-28(27)36(46)50)38-11-1-2-22-14-26(15-22)45-20-23(18-41-45)31-19-39-29-6-4-25(17-30(29)42-31)44-13-12-40-37(21-44)9-10-37/h3-6,16-20,22,26,32,38,40H,1-2,7-15,21H2,(H,43,47,48). The van der Waals surface area contributed by atoms with E-state index in [9.17, 15) is 19.2 Å². The summed E-state index contributed by atoms with van der Waals surface area (Å²) >= 11 is 0. The minimum absolute atomic E-state index is 0.0978. The summed E-state index contributed by atoms with van der Waals surface area (Å²) in [6, 6.07) is 10.9. The Morgan fingerprint density at radius 1 is 0.960 bits per heavy atom. The molecule has 13 nitrogen and oxygen atoms in total. The molecule has 4 fully saturated rings. The van der Waals surface area contributed by atoms with Crippen LogP contribution in [0.4, 0.5) is 11.4 Å². The SMILES string of the molecule is O=C1CCC(N2C(=O)c3ccc(NCCCC4CC(n5cc(-c6cnc7ccc(N8CCNC9(CC9)C8)cc7n6)cn5)C4)cc3C2=O)C(=O)N1. The van der Waals surface area contributed by atoms with Crippen LogP contribution in [0.3, 0.4) is 0 Å². The van der Waals surface area contributed by atoms with Gasteiger partial charge in [-0.05, 0) is 87.3 Å². The van der Waals surface area contributed by atoms with Gasteiger partial charge in [-0.2, -0.15) is 5.10 Å². The summed E-state index contributed by atoms with van der Waals surface area (Å²) in [5.74, 6) is -1.37. The third kappa shape index (κ3) is 5.59. The van der Waals surface area contributed by atoms with E-state index in [0.29, 0.717) is 17.5 Å². The molecule has 2 aromatic carbocycles. The van der Waals surface area contributed by atoms with Crippen LogP contribution in [0.1, 0.15) is 78.1 Å². The Kier molecular flexibility index (Phi) is 7.41. The van der Waals surface area contributed by atoms with Crippen LogP contribution >= 0.6 is 0 Å². The van der Waals surface area contributed by atoms with Gasteiger partial charge in [0.25, 0.3) is 11.8 Å². The third-order valence-electron chi connectivity index (χ3n) is 11.2. The van der Waals surface area contributed by atoms with E-state index < -0.39 is 23.8 Å². The van der Waals surface area contributed by atoms with Crippen molar-refractivity contribution in [1.82, 2.24) is 35.3 Å². The lowest BCUT2D eigenvalue weighted by molar-refractivity contribution is -0.136. The summed E-state index contributed by atoms with van der Waals surface area (Å²) in [6.07, 6.45) is 12.8. The fraction of sp³-hybridized carbons (Fsp3) is 0.432. The molecule has 2 saturated carbocycles. The van der Waals surface area contributed by atoms with Crippen molar-refractivity contribution in [1.29, 1.82) is 0 Å². The van der Waals surface area contributed by atoms with Gasteiger partial charge in [-0.25, -0.2) is 4.98 Å². The maximum Gasteiger partial charge on any atom is 0.262 e. The highest BCUT2D eigenvalue weighted by Crippen LogP contribution is 2.41. The number of carbonyl (C=O) groups is 4. The van der Waals surface area contributed by atoms with E-state index in [0.717, 1.165) is 84.7 Å². The van der Waals surface area contributed by atoms with Gasteiger partial charge < -0.3 is 15.5 Å². The average Bonchev–Trinajstić information content (AvgIpc) is 3.56. The third-order valence-corrected chi connectivity index (χ3v) is 11.2. The van der Waals surface area contributed by atoms with Gasteiger partial charge in [-0.15, -0.1) is 0 Å². The van der Waals surface area contributed by atoms with Crippen molar-refractivity contribution in [3.05, 3.63) is 66.1 Å². The zero-order valence-corrected chi connectivity index (χ0v) is 27.7. The molecule has 4 amide bonds. The van der Waals surface area contributed by atoms with E-state index in [1.807, 2.05) is 12.4 Å². The first-order chi connectivity index (χ1) is 24.3. The van der Waals surface area contributed by atoms with Crippen molar-refractivity contribution in [2.75, 3.05) is 36.4 Å². The minimum Gasteiger partial charge on any atom is -0.385 e. The van der Waals surface area contributed by atoms with Crippen molar-refractivity contribution in [2.45, 2.75) is 69.0 Å². The number of amides is 4. The number of carbonyl (C=O) groups excluding carboxylic acids is 4. The van der Waals surface area contributed by atoms with E-state index in [-0.39, 0.29) is 29.9 Å². The number of piperazine rings is 1. The molecule has 0 radical (unpaired) electrons. The normalized spacial score (nSPS) is 24.0. The minimum atomic E-state index is -0.964. The number of benzene rings is 2. The lowest BCUT2D eigenvalue weighted by Gasteiger charge is -2.35. The van der Waals surface area contributed by atoms with Crippen LogP contribution < -0.4 is 20.9 Å². The molecule has 0 bridgehead atoms. The molecule has 2 aromatic heterocycles. The molecule has 50 heavy (non-hydrogen) atoms. The van der Waals surface area contributed by atoms with E-state index in [4.69, 9.17) is 15.1 Å². The van der Waals surface area contributed by atoms with Gasteiger partial charge in [0.2, 0.25) is 11.8 Å². The topological polar surface area (TPSA) is 154 Å². The van der Waals surface area contributed by atoms with E-state index in [2.05, 4.69) is 49.9 Å². The first-order valence-corrected chi connectivity index (χ1v) is 17.7. The first kappa shape index (κ1) is 30.9. The van der Waals surface area contributed by atoms with E-state index in [1.165, 1.54) is 18.5 Å². The number of hydrogen-bond acceptors (Lipinski definition) is 10. The van der Waals surface area contributed by atoms with Crippen LogP contribution in [0.2, 0.25) is 0 Å². The Labute approximate surface area is 288 Å². The van der Waals surface area contributed by atoms with Crippen LogP contribution in [-0.4, -0.2) is 86.0 Å². The molecular weight excluding hydrogens is 634 g/mol. The molecule has 2 aliphatic carbocycles. The molecule has 1 unspecified atom stereocenters. The van der Waals surface area contributed by atoms with Crippen molar-refractivity contribution in [2.24, 2.45) is 5.92 Å². The summed E-state index contributed by atoms with van der Waals surface area (Å²) in [7, 11) is 0. The van der Waals surface area contributed by atoms with Gasteiger partial charge in [0.05, 0.1) is 46.3 Å². The molecule has 4 aromatic rings. The van der Waals surface area contributed by atoms with Crippen molar-refractivity contribution < 1.29 is 19.2 Å². The van der Waals surface area contributed by atoms with Gasteiger partial charge in [0.1, 0.15) is 6.04 Å². The smallest absolute Gasteiger partial charge is 0.262 e. The first-order valence-electron chi connectivity index (χ1n) is 17.7. The number of piperidine rings is 1. The lowest BCUT2D eigenvalue weighted by atomic mass is 9.77. The van der Waals surface area contributed by atoms with Crippen LogP contribution in [0, 0.1) is 5.92 Å². The predicted molar refractivity (Wildman–Crippen MR) is 186 cm³/mol. The summed E-state index contributed by atoms with van der Waals surface area (Å²) in [6.45, 7) is 3.80. The van der Waals surface area contributed by atoms with Crippen molar-refractivity contribution in [3.63, 3.8) is 0 Å². The fourth-order valence-corrected chi connectivity index (χ4v) is 8.02.